The van der Waals surface area contributed by atoms with Crippen molar-refractivity contribution in [3.8, 4) is 0 Å². The number of rotatable bonds is 4. The van der Waals surface area contributed by atoms with Gasteiger partial charge in [-0.3, -0.25) is 4.84 Å². The van der Waals surface area contributed by atoms with Crippen molar-refractivity contribution >= 4 is 6.03 Å². The van der Waals surface area contributed by atoms with Gasteiger partial charge in [0.05, 0.1) is 25.3 Å². The molecule has 2 amide bonds. The molecule has 2 aliphatic rings. The van der Waals surface area contributed by atoms with Gasteiger partial charge in [0.2, 0.25) is 0 Å². The van der Waals surface area contributed by atoms with Crippen LogP contribution in [0, 0.1) is 0 Å². The molecule has 2 aliphatic heterocycles. The minimum absolute atomic E-state index is 0.0455. The molecule has 0 aromatic carbocycles. The van der Waals surface area contributed by atoms with Gasteiger partial charge in [-0.1, -0.05) is 17.7 Å². The van der Waals surface area contributed by atoms with E-state index in [1.165, 1.54) is 5.06 Å². The fraction of sp³-hybridized carbons (Fsp3) is 0.545. The van der Waals surface area contributed by atoms with Gasteiger partial charge in [0.1, 0.15) is 0 Å². The van der Waals surface area contributed by atoms with Crippen LogP contribution < -0.4 is 0 Å². The number of amides is 2. The Labute approximate surface area is 94.5 Å². The molecular weight excluding hydrogens is 208 g/mol. The molecule has 16 heavy (non-hydrogen) atoms. The number of carbonyl (C=O) groups is 1. The Bertz CT molecular complexity index is 340. The van der Waals surface area contributed by atoms with Gasteiger partial charge < -0.3 is 10.0 Å². The molecule has 5 nitrogen and oxygen atoms in total. The van der Waals surface area contributed by atoms with Gasteiger partial charge in [0, 0.05) is 6.54 Å². The van der Waals surface area contributed by atoms with Crippen LogP contribution in [0.15, 0.2) is 24.3 Å². The number of carbonyl (C=O) groups excluding carboxylic acids is 1. The van der Waals surface area contributed by atoms with Crippen molar-refractivity contribution in [1.82, 2.24) is 9.96 Å². The van der Waals surface area contributed by atoms with Crippen molar-refractivity contribution in [3.05, 3.63) is 24.3 Å². The summed E-state index contributed by atoms with van der Waals surface area (Å²) in [6.45, 7) is 6.32. The molecule has 0 aliphatic carbocycles. The molecular formula is C11H16N2O3. The standard InChI is InChI=1S/C11H16N2O3/c1-3-4-16-13-9-5-8(2)10(7-14)12(6-9)11(13)15/h3,5,9-10,14H,1,4,6-7H2,2H3/t9-,10-/m1/s1. The number of fused-ring (bicyclic) bond motifs is 2. The highest BCUT2D eigenvalue weighted by atomic mass is 16.7. The molecule has 2 atom stereocenters. The van der Waals surface area contributed by atoms with Crippen LogP contribution in [0.1, 0.15) is 6.92 Å². The fourth-order valence-corrected chi connectivity index (χ4v) is 2.19. The van der Waals surface area contributed by atoms with E-state index in [1.807, 2.05) is 13.0 Å². The zero-order valence-corrected chi connectivity index (χ0v) is 9.30. The van der Waals surface area contributed by atoms with E-state index in [-0.39, 0.29) is 24.7 Å². The first-order chi connectivity index (χ1) is 7.69. The Morgan fingerprint density at radius 3 is 3.12 bits per heavy atom. The van der Waals surface area contributed by atoms with E-state index in [1.54, 1.807) is 11.0 Å². The smallest absolute Gasteiger partial charge is 0.345 e. The van der Waals surface area contributed by atoms with Crippen molar-refractivity contribution < 1.29 is 14.7 Å². The molecule has 0 saturated carbocycles. The van der Waals surface area contributed by atoms with Gasteiger partial charge in [-0.15, -0.1) is 6.58 Å². The average molecular weight is 224 g/mol. The third-order valence-corrected chi connectivity index (χ3v) is 2.98. The lowest BCUT2D eigenvalue weighted by molar-refractivity contribution is -0.107. The summed E-state index contributed by atoms with van der Waals surface area (Å²) in [5, 5.41) is 10.6. The largest absolute Gasteiger partial charge is 0.394 e. The molecule has 88 valence electrons. The van der Waals surface area contributed by atoms with Gasteiger partial charge in [-0.05, 0) is 6.92 Å². The predicted octanol–water partition coefficient (Wildman–Crippen LogP) is 0.531. The minimum Gasteiger partial charge on any atom is -0.394 e. The summed E-state index contributed by atoms with van der Waals surface area (Å²) in [4.78, 5) is 18.9. The van der Waals surface area contributed by atoms with E-state index in [2.05, 4.69) is 6.58 Å². The van der Waals surface area contributed by atoms with E-state index in [9.17, 15) is 9.90 Å². The third-order valence-electron chi connectivity index (χ3n) is 2.98. The summed E-state index contributed by atoms with van der Waals surface area (Å²) in [6, 6.07) is -0.435. The molecule has 2 heterocycles. The summed E-state index contributed by atoms with van der Waals surface area (Å²) in [5.41, 5.74) is 1.01. The molecule has 2 rings (SSSR count). The van der Waals surface area contributed by atoms with E-state index in [0.717, 1.165) is 5.57 Å². The third kappa shape index (κ3) is 1.62. The van der Waals surface area contributed by atoms with Crippen molar-refractivity contribution in [2.75, 3.05) is 19.8 Å². The average Bonchev–Trinajstić information content (AvgIpc) is 2.51. The molecule has 0 unspecified atom stereocenters. The van der Waals surface area contributed by atoms with E-state index in [0.29, 0.717) is 13.2 Å². The fourth-order valence-electron chi connectivity index (χ4n) is 2.19. The summed E-state index contributed by atoms with van der Waals surface area (Å²) in [6.07, 6.45) is 3.58. The summed E-state index contributed by atoms with van der Waals surface area (Å²) in [5.74, 6) is 0. The lowest BCUT2D eigenvalue weighted by atomic mass is 10.0. The Kier molecular flexibility index (Phi) is 2.98. The molecule has 0 spiro atoms. The SMILES string of the molecule is C=CCON1C(=O)N2C[C@H]1C=C(C)[C@H]2CO. The van der Waals surface area contributed by atoms with Gasteiger partial charge in [-0.2, -0.15) is 5.06 Å². The highest BCUT2D eigenvalue weighted by Gasteiger charge is 2.44. The summed E-state index contributed by atoms with van der Waals surface area (Å²) >= 11 is 0. The number of nitrogens with zero attached hydrogens (tertiary/aromatic N) is 2. The summed E-state index contributed by atoms with van der Waals surface area (Å²) in [7, 11) is 0. The summed E-state index contributed by atoms with van der Waals surface area (Å²) < 4.78 is 0. The van der Waals surface area contributed by atoms with Crippen molar-refractivity contribution in [3.63, 3.8) is 0 Å². The minimum atomic E-state index is -0.207. The number of aliphatic hydroxyl groups excluding tert-OH is 1. The number of hydrogen-bond donors (Lipinski definition) is 1. The Morgan fingerprint density at radius 2 is 2.50 bits per heavy atom. The Morgan fingerprint density at radius 1 is 1.75 bits per heavy atom. The topological polar surface area (TPSA) is 53.0 Å². The van der Waals surface area contributed by atoms with Gasteiger partial charge in [0.15, 0.2) is 0 Å². The molecule has 0 radical (unpaired) electrons. The second kappa shape index (κ2) is 4.27. The van der Waals surface area contributed by atoms with E-state index in [4.69, 9.17) is 4.84 Å². The number of aliphatic hydroxyl groups is 1. The second-order valence-corrected chi connectivity index (χ2v) is 4.02. The van der Waals surface area contributed by atoms with Crippen LogP contribution in [-0.2, 0) is 4.84 Å². The van der Waals surface area contributed by atoms with Gasteiger partial charge in [0.25, 0.3) is 0 Å². The molecule has 1 fully saturated rings. The molecule has 2 bridgehead atoms. The van der Waals surface area contributed by atoms with Crippen LogP contribution in [0.4, 0.5) is 4.79 Å². The first-order valence-corrected chi connectivity index (χ1v) is 5.32. The van der Waals surface area contributed by atoms with Crippen molar-refractivity contribution in [1.29, 1.82) is 0 Å². The number of hydroxylamine groups is 2. The maximum atomic E-state index is 12.0. The van der Waals surface area contributed by atoms with Gasteiger partial charge >= 0.3 is 6.03 Å². The number of hydrogen-bond acceptors (Lipinski definition) is 3. The van der Waals surface area contributed by atoms with Crippen LogP contribution in [0.2, 0.25) is 0 Å². The normalized spacial score (nSPS) is 28.4. The number of urea groups is 1. The maximum Gasteiger partial charge on any atom is 0.345 e. The zero-order valence-electron chi connectivity index (χ0n) is 9.30. The second-order valence-electron chi connectivity index (χ2n) is 4.02. The van der Waals surface area contributed by atoms with Crippen LogP contribution in [-0.4, -0.2) is 52.9 Å². The maximum absolute atomic E-state index is 12.0. The lowest BCUT2D eigenvalue weighted by Crippen LogP contribution is -2.42. The highest BCUT2D eigenvalue weighted by Crippen LogP contribution is 2.28. The van der Waals surface area contributed by atoms with Crippen molar-refractivity contribution in [2.45, 2.75) is 19.0 Å². The van der Waals surface area contributed by atoms with Crippen LogP contribution in [0.25, 0.3) is 0 Å². The van der Waals surface area contributed by atoms with Crippen LogP contribution in [0.5, 0.6) is 0 Å². The lowest BCUT2D eigenvalue weighted by Gasteiger charge is -2.28. The first kappa shape index (κ1) is 11.2. The first-order valence-electron chi connectivity index (χ1n) is 5.32. The van der Waals surface area contributed by atoms with Crippen molar-refractivity contribution in [2.24, 2.45) is 0 Å². The predicted molar refractivity (Wildman–Crippen MR) is 58.5 cm³/mol. The van der Waals surface area contributed by atoms with Crippen LogP contribution >= 0.6 is 0 Å². The molecule has 0 aromatic heterocycles. The highest BCUT2D eigenvalue weighted by molar-refractivity contribution is 5.78. The molecule has 1 N–H and O–H groups in total. The Balaban J connectivity index is 2.17. The van der Waals surface area contributed by atoms with Crippen LogP contribution in [0.3, 0.4) is 0 Å². The zero-order chi connectivity index (χ0) is 11.7. The van der Waals surface area contributed by atoms with Gasteiger partial charge in [-0.25, -0.2) is 4.79 Å². The Hall–Kier alpha value is -1.33. The quantitative estimate of drug-likeness (QED) is 0.709. The van der Waals surface area contributed by atoms with E-state index < -0.39 is 0 Å². The van der Waals surface area contributed by atoms with E-state index >= 15 is 0 Å². The molecule has 0 aromatic rings. The monoisotopic (exact) mass is 224 g/mol. The molecule has 1 saturated heterocycles. The molecule has 5 heteroatoms.